The van der Waals surface area contributed by atoms with Crippen LogP contribution in [0.25, 0.3) is 21.5 Å². The Hall–Kier alpha value is -1.28. The summed E-state index contributed by atoms with van der Waals surface area (Å²) in [5.41, 5.74) is 0.650. The molecule has 0 heterocycles. The maximum Gasteiger partial charge on any atom is 0.160 e. The van der Waals surface area contributed by atoms with Gasteiger partial charge < -0.3 is 0 Å². The lowest BCUT2D eigenvalue weighted by Gasteiger charge is -2.10. The highest BCUT2D eigenvalue weighted by molar-refractivity contribution is 6.44. The molecule has 100 valence electrons. The zero-order chi connectivity index (χ0) is 14.4. The van der Waals surface area contributed by atoms with Crippen LogP contribution in [-0.2, 0) is 0 Å². The van der Waals surface area contributed by atoms with Crippen molar-refractivity contribution in [3.05, 3.63) is 57.0 Å². The van der Waals surface area contributed by atoms with Crippen molar-refractivity contribution in [2.24, 2.45) is 0 Å². The number of fused-ring (bicyclic) bond motifs is 3. The van der Waals surface area contributed by atoms with Gasteiger partial charge in [0.05, 0.1) is 10.0 Å². The highest BCUT2D eigenvalue weighted by Gasteiger charge is 2.12. The molecule has 0 bridgehead atoms. The largest absolute Gasteiger partial charge is 0.294 e. The predicted octanol–water partition coefficient (Wildman–Crippen LogP) is 6.16. The molecule has 3 rings (SSSR count). The van der Waals surface area contributed by atoms with Crippen LogP contribution in [0.4, 0.5) is 0 Å². The van der Waals surface area contributed by atoms with Crippen LogP contribution >= 0.6 is 34.8 Å². The third-order valence-electron chi connectivity index (χ3n) is 3.36. The summed E-state index contributed by atoms with van der Waals surface area (Å²) in [4.78, 5) is 11.7. The fourth-order valence-corrected chi connectivity index (χ4v) is 3.03. The molecule has 4 heteroatoms. The number of rotatable bonds is 1. The molecule has 0 spiro atoms. The van der Waals surface area contributed by atoms with Crippen LogP contribution in [0.2, 0.25) is 15.1 Å². The first kappa shape index (κ1) is 13.7. The molecular weight excluding hydrogens is 315 g/mol. The molecule has 0 aliphatic heterocycles. The van der Waals surface area contributed by atoms with Gasteiger partial charge in [-0.2, -0.15) is 0 Å². The Bertz CT molecular complexity index is 869. The van der Waals surface area contributed by atoms with Crippen molar-refractivity contribution in [1.29, 1.82) is 0 Å². The van der Waals surface area contributed by atoms with Crippen molar-refractivity contribution in [2.45, 2.75) is 6.92 Å². The number of Topliss-reactive ketones (excluding diaryl/α,β-unsaturated/α-hetero) is 1. The second-order valence-electron chi connectivity index (χ2n) is 4.63. The van der Waals surface area contributed by atoms with Crippen molar-refractivity contribution >= 4 is 62.1 Å². The van der Waals surface area contributed by atoms with Crippen molar-refractivity contribution in [1.82, 2.24) is 0 Å². The van der Waals surface area contributed by atoms with Crippen LogP contribution in [-0.4, -0.2) is 5.78 Å². The summed E-state index contributed by atoms with van der Waals surface area (Å²) in [7, 11) is 0. The van der Waals surface area contributed by atoms with Gasteiger partial charge in [-0.15, -0.1) is 0 Å². The molecule has 1 nitrogen and oxygen atoms in total. The zero-order valence-electron chi connectivity index (χ0n) is 10.5. The molecule has 0 aliphatic carbocycles. The van der Waals surface area contributed by atoms with Gasteiger partial charge in [0.25, 0.3) is 0 Å². The lowest BCUT2D eigenvalue weighted by Crippen LogP contribution is -1.94. The molecule has 0 aromatic heterocycles. The average molecular weight is 324 g/mol. The number of carbonyl (C=O) groups excluding carboxylic acids is 1. The average Bonchev–Trinajstić information content (AvgIpc) is 2.40. The van der Waals surface area contributed by atoms with Crippen molar-refractivity contribution < 1.29 is 4.79 Å². The third kappa shape index (κ3) is 2.07. The van der Waals surface area contributed by atoms with Crippen molar-refractivity contribution in [3.8, 4) is 0 Å². The molecule has 0 fully saturated rings. The fraction of sp³-hybridized carbons (Fsp3) is 0.0625. The summed E-state index contributed by atoms with van der Waals surface area (Å²) >= 11 is 18.5. The van der Waals surface area contributed by atoms with E-state index in [1.165, 1.54) is 0 Å². The van der Waals surface area contributed by atoms with Crippen molar-refractivity contribution in [2.75, 3.05) is 0 Å². The number of hydrogen-bond acceptors (Lipinski definition) is 1. The molecule has 3 aromatic rings. The van der Waals surface area contributed by atoms with E-state index in [4.69, 9.17) is 34.8 Å². The van der Waals surface area contributed by atoms with Crippen LogP contribution in [0.1, 0.15) is 17.3 Å². The molecule has 0 radical (unpaired) electrons. The summed E-state index contributed by atoms with van der Waals surface area (Å²) in [5.74, 6) is 0.00563. The highest BCUT2D eigenvalue weighted by atomic mass is 35.5. The summed E-state index contributed by atoms with van der Waals surface area (Å²) in [6, 6.07) is 10.9. The minimum absolute atomic E-state index is 0.00563. The van der Waals surface area contributed by atoms with Crippen LogP contribution in [0, 0.1) is 0 Å². The van der Waals surface area contributed by atoms with E-state index < -0.39 is 0 Å². The van der Waals surface area contributed by atoms with Gasteiger partial charge in [0.2, 0.25) is 0 Å². The van der Waals surface area contributed by atoms with E-state index in [1.807, 2.05) is 12.1 Å². The van der Waals surface area contributed by atoms with E-state index >= 15 is 0 Å². The topological polar surface area (TPSA) is 17.1 Å². The zero-order valence-corrected chi connectivity index (χ0v) is 12.8. The fourth-order valence-electron chi connectivity index (χ4n) is 2.43. The standard InChI is InChI=1S/C16H9Cl3O/c1-8(20)9-3-2-4-10-11(9)5-14(17)13-7-16(19)15(18)6-12(10)13/h2-7H,1H3. The maximum absolute atomic E-state index is 11.7. The Kier molecular flexibility index (Phi) is 3.37. The minimum atomic E-state index is 0.00563. The van der Waals surface area contributed by atoms with Gasteiger partial charge in [-0.05, 0) is 41.3 Å². The molecule has 3 aromatic carbocycles. The molecule has 0 amide bonds. The van der Waals surface area contributed by atoms with Gasteiger partial charge in [-0.3, -0.25) is 4.79 Å². The monoisotopic (exact) mass is 322 g/mol. The van der Waals surface area contributed by atoms with Crippen LogP contribution in [0.5, 0.6) is 0 Å². The predicted molar refractivity (Wildman–Crippen MR) is 86.5 cm³/mol. The molecule has 0 saturated carbocycles. The van der Waals surface area contributed by atoms with Gasteiger partial charge >= 0.3 is 0 Å². The molecule has 0 atom stereocenters. The van der Waals surface area contributed by atoms with E-state index in [9.17, 15) is 4.79 Å². The first-order valence-electron chi connectivity index (χ1n) is 6.00. The first-order chi connectivity index (χ1) is 9.49. The summed E-state index contributed by atoms with van der Waals surface area (Å²) in [6.45, 7) is 1.54. The lowest BCUT2D eigenvalue weighted by atomic mass is 9.97. The van der Waals surface area contributed by atoms with Gasteiger partial charge in [0, 0.05) is 16.0 Å². The Balaban J connectivity index is 2.57. The highest BCUT2D eigenvalue weighted by Crippen LogP contribution is 2.37. The van der Waals surface area contributed by atoms with Crippen LogP contribution in [0.3, 0.4) is 0 Å². The summed E-state index contributed by atoms with van der Waals surface area (Å²) < 4.78 is 0. The molecule has 0 saturated heterocycles. The molecule has 0 N–H and O–H groups in total. The summed E-state index contributed by atoms with van der Waals surface area (Å²) in [6.07, 6.45) is 0. The van der Waals surface area contributed by atoms with Gasteiger partial charge in [-0.25, -0.2) is 0 Å². The quantitative estimate of drug-likeness (QED) is 0.387. The van der Waals surface area contributed by atoms with Crippen LogP contribution < -0.4 is 0 Å². The lowest BCUT2D eigenvalue weighted by molar-refractivity contribution is 0.101. The Morgan fingerprint density at radius 1 is 0.800 bits per heavy atom. The number of hydrogen-bond donors (Lipinski definition) is 0. The molecular formula is C16H9Cl3O. The minimum Gasteiger partial charge on any atom is -0.294 e. The second kappa shape index (κ2) is 4.92. The number of benzene rings is 3. The Morgan fingerprint density at radius 3 is 2.05 bits per heavy atom. The van der Waals surface area contributed by atoms with Crippen LogP contribution in [0.15, 0.2) is 36.4 Å². The summed E-state index contributed by atoms with van der Waals surface area (Å²) in [5, 5.41) is 4.98. The third-order valence-corrected chi connectivity index (χ3v) is 4.40. The molecule has 20 heavy (non-hydrogen) atoms. The number of halogens is 3. The normalized spacial score (nSPS) is 11.2. The first-order valence-corrected chi connectivity index (χ1v) is 7.13. The maximum atomic E-state index is 11.7. The Morgan fingerprint density at radius 2 is 1.40 bits per heavy atom. The van der Waals surface area contributed by atoms with E-state index in [1.54, 1.807) is 31.2 Å². The molecule has 0 unspecified atom stereocenters. The Labute approximate surface area is 131 Å². The number of ketones is 1. The SMILES string of the molecule is CC(=O)c1cccc2c1cc(Cl)c1cc(Cl)c(Cl)cc12. The van der Waals surface area contributed by atoms with Gasteiger partial charge in [-0.1, -0.05) is 53.0 Å². The van der Waals surface area contributed by atoms with Gasteiger partial charge in [0.15, 0.2) is 5.78 Å². The smallest absolute Gasteiger partial charge is 0.160 e. The van der Waals surface area contributed by atoms with E-state index in [2.05, 4.69) is 0 Å². The second-order valence-corrected chi connectivity index (χ2v) is 5.85. The van der Waals surface area contributed by atoms with E-state index in [0.29, 0.717) is 20.6 Å². The number of carbonyl (C=O) groups is 1. The van der Waals surface area contributed by atoms with Gasteiger partial charge in [0.1, 0.15) is 0 Å². The molecule has 0 aliphatic rings. The van der Waals surface area contributed by atoms with E-state index in [0.717, 1.165) is 21.5 Å². The van der Waals surface area contributed by atoms with E-state index in [-0.39, 0.29) is 5.78 Å². The van der Waals surface area contributed by atoms with Crippen molar-refractivity contribution in [3.63, 3.8) is 0 Å².